The van der Waals surface area contributed by atoms with Gasteiger partial charge in [-0.25, -0.2) is 0 Å². The number of hydrogen-bond donors (Lipinski definition) is 1. The Hall–Kier alpha value is -0.860. The van der Waals surface area contributed by atoms with Crippen LogP contribution in [0.3, 0.4) is 0 Å². The lowest BCUT2D eigenvalue weighted by atomic mass is 9.82. The maximum atomic E-state index is 11.2. The summed E-state index contributed by atoms with van der Waals surface area (Å²) < 4.78 is 0. The van der Waals surface area contributed by atoms with Crippen molar-refractivity contribution in [3.63, 3.8) is 0 Å². The van der Waals surface area contributed by atoms with E-state index in [-0.39, 0.29) is 11.6 Å². The van der Waals surface area contributed by atoms with Crippen molar-refractivity contribution in [1.82, 2.24) is 4.90 Å². The molecule has 0 bridgehead atoms. The Balaban J connectivity index is 1.96. The maximum Gasteiger partial charge on any atom is 0.0976 e. The second kappa shape index (κ2) is 5.50. The summed E-state index contributed by atoms with van der Waals surface area (Å²) in [4.78, 5) is 2.59. The fourth-order valence-corrected chi connectivity index (χ4v) is 4.26. The zero-order chi connectivity index (χ0) is 14.2. The lowest BCUT2D eigenvalue weighted by molar-refractivity contribution is -0.0199. The van der Waals surface area contributed by atoms with Crippen LogP contribution in [0.25, 0.3) is 0 Å². The van der Waals surface area contributed by atoms with Gasteiger partial charge in [-0.15, -0.1) is 0 Å². The largest absolute Gasteiger partial charge is 0.386 e. The van der Waals surface area contributed by atoms with E-state index < -0.39 is 0 Å². The highest BCUT2D eigenvalue weighted by atomic mass is 16.3. The van der Waals surface area contributed by atoms with E-state index in [1.807, 2.05) is 0 Å². The molecule has 1 atom stereocenters. The summed E-state index contributed by atoms with van der Waals surface area (Å²) >= 11 is 0. The van der Waals surface area contributed by atoms with Gasteiger partial charge < -0.3 is 5.11 Å². The van der Waals surface area contributed by atoms with E-state index in [2.05, 4.69) is 36.9 Å². The minimum Gasteiger partial charge on any atom is -0.386 e. The van der Waals surface area contributed by atoms with Crippen molar-refractivity contribution in [2.45, 2.75) is 64.0 Å². The molecule has 3 rings (SSSR count). The summed E-state index contributed by atoms with van der Waals surface area (Å²) in [6, 6.07) is 6.49. The van der Waals surface area contributed by atoms with Crippen LogP contribution in [0.2, 0.25) is 0 Å². The van der Waals surface area contributed by atoms with Crippen LogP contribution in [0.4, 0.5) is 0 Å². The lowest BCUT2D eigenvalue weighted by Crippen LogP contribution is -2.49. The number of aliphatic hydroxyl groups excluding tert-OH is 1. The van der Waals surface area contributed by atoms with Crippen molar-refractivity contribution in [3.05, 3.63) is 34.9 Å². The fourth-order valence-electron chi connectivity index (χ4n) is 4.26. The van der Waals surface area contributed by atoms with Gasteiger partial charge in [0.2, 0.25) is 0 Å². The van der Waals surface area contributed by atoms with Crippen molar-refractivity contribution in [1.29, 1.82) is 0 Å². The molecule has 2 nitrogen and oxygen atoms in total. The second-order valence-electron chi connectivity index (χ2n) is 6.77. The molecule has 0 radical (unpaired) electrons. The van der Waals surface area contributed by atoms with Gasteiger partial charge in [0, 0.05) is 0 Å². The predicted octanol–water partition coefficient (Wildman–Crippen LogP) is 3.75. The molecule has 1 unspecified atom stereocenters. The van der Waals surface area contributed by atoms with Crippen molar-refractivity contribution in [2.24, 2.45) is 0 Å². The van der Waals surface area contributed by atoms with Crippen LogP contribution in [0.5, 0.6) is 0 Å². The Morgan fingerprint density at radius 3 is 2.35 bits per heavy atom. The van der Waals surface area contributed by atoms with Crippen LogP contribution in [0, 0.1) is 13.8 Å². The smallest absolute Gasteiger partial charge is 0.0976 e. The van der Waals surface area contributed by atoms with E-state index in [1.165, 1.54) is 49.9 Å². The number of aliphatic hydroxyl groups is 1. The molecule has 1 aliphatic heterocycles. The SMILES string of the molecule is Cc1ccc(C)c(C(O)C2(N3CCCC3)CCCC2)c1. The summed E-state index contributed by atoms with van der Waals surface area (Å²) in [5.74, 6) is 0. The van der Waals surface area contributed by atoms with Crippen LogP contribution in [-0.4, -0.2) is 28.6 Å². The van der Waals surface area contributed by atoms with Gasteiger partial charge in [-0.3, -0.25) is 4.90 Å². The van der Waals surface area contributed by atoms with Gasteiger partial charge in [-0.2, -0.15) is 0 Å². The van der Waals surface area contributed by atoms with E-state index in [1.54, 1.807) is 0 Å². The molecular formula is C18H27NO. The molecule has 1 saturated heterocycles. The van der Waals surface area contributed by atoms with E-state index >= 15 is 0 Å². The second-order valence-corrected chi connectivity index (χ2v) is 6.77. The number of rotatable bonds is 3. The molecule has 1 N–H and O–H groups in total. The summed E-state index contributed by atoms with van der Waals surface area (Å²) in [7, 11) is 0. The Morgan fingerprint density at radius 1 is 1.05 bits per heavy atom. The number of benzene rings is 1. The first kappa shape index (κ1) is 14.1. The number of aryl methyl sites for hydroxylation is 2. The van der Waals surface area contributed by atoms with E-state index in [0.29, 0.717) is 0 Å². The average molecular weight is 273 g/mol. The van der Waals surface area contributed by atoms with Crippen molar-refractivity contribution in [3.8, 4) is 0 Å². The summed E-state index contributed by atoms with van der Waals surface area (Å²) in [5, 5.41) is 11.2. The van der Waals surface area contributed by atoms with Crippen LogP contribution in [0.15, 0.2) is 18.2 Å². The summed E-state index contributed by atoms with van der Waals surface area (Å²) in [5.41, 5.74) is 3.64. The predicted molar refractivity (Wildman–Crippen MR) is 82.9 cm³/mol. The molecule has 0 spiro atoms. The highest BCUT2D eigenvalue weighted by Crippen LogP contribution is 2.46. The van der Waals surface area contributed by atoms with Crippen molar-refractivity contribution in [2.75, 3.05) is 13.1 Å². The van der Waals surface area contributed by atoms with Crippen LogP contribution in [0.1, 0.15) is 61.3 Å². The first-order valence-electron chi connectivity index (χ1n) is 8.14. The monoisotopic (exact) mass is 273 g/mol. The minimum atomic E-state index is -0.331. The van der Waals surface area contributed by atoms with Crippen LogP contribution >= 0.6 is 0 Å². The molecule has 0 amide bonds. The Labute approximate surface area is 122 Å². The zero-order valence-corrected chi connectivity index (χ0v) is 12.9. The lowest BCUT2D eigenvalue weighted by Gasteiger charge is -2.43. The van der Waals surface area contributed by atoms with Crippen LogP contribution < -0.4 is 0 Å². The molecule has 2 fully saturated rings. The molecule has 110 valence electrons. The quantitative estimate of drug-likeness (QED) is 0.906. The van der Waals surface area contributed by atoms with E-state index in [4.69, 9.17) is 0 Å². The molecule has 20 heavy (non-hydrogen) atoms. The number of hydrogen-bond acceptors (Lipinski definition) is 2. The highest BCUT2D eigenvalue weighted by Gasteiger charge is 2.46. The van der Waals surface area contributed by atoms with Gasteiger partial charge >= 0.3 is 0 Å². The van der Waals surface area contributed by atoms with Crippen molar-refractivity contribution >= 4 is 0 Å². The number of nitrogens with zero attached hydrogens (tertiary/aromatic N) is 1. The highest BCUT2D eigenvalue weighted by molar-refractivity contribution is 5.34. The molecule has 2 heteroatoms. The maximum absolute atomic E-state index is 11.2. The topological polar surface area (TPSA) is 23.5 Å². The molecule has 0 aromatic heterocycles. The fraction of sp³-hybridized carbons (Fsp3) is 0.667. The third-order valence-electron chi connectivity index (χ3n) is 5.44. The first-order valence-corrected chi connectivity index (χ1v) is 8.14. The van der Waals surface area contributed by atoms with Crippen LogP contribution in [-0.2, 0) is 0 Å². The molecule has 2 aliphatic rings. The number of likely N-dealkylation sites (tertiary alicyclic amines) is 1. The Morgan fingerprint density at radius 2 is 1.70 bits per heavy atom. The van der Waals surface area contributed by atoms with Gasteiger partial charge in [-0.05, 0) is 63.7 Å². The third-order valence-corrected chi connectivity index (χ3v) is 5.44. The van der Waals surface area contributed by atoms with Gasteiger partial charge in [0.25, 0.3) is 0 Å². The standard InChI is InChI=1S/C18H27NO/c1-14-7-8-15(2)16(13-14)17(20)18(9-3-4-10-18)19-11-5-6-12-19/h7-8,13,17,20H,3-6,9-12H2,1-2H3. The molecule has 1 aromatic rings. The minimum absolute atomic E-state index is 0.00898. The third kappa shape index (κ3) is 2.29. The Bertz CT molecular complexity index is 470. The molecule has 1 saturated carbocycles. The van der Waals surface area contributed by atoms with Gasteiger partial charge in [0.05, 0.1) is 11.6 Å². The van der Waals surface area contributed by atoms with E-state index in [0.717, 1.165) is 18.4 Å². The normalized spacial score (nSPS) is 24.1. The molecular weight excluding hydrogens is 246 g/mol. The molecule has 1 heterocycles. The Kier molecular flexibility index (Phi) is 3.87. The van der Waals surface area contributed by atoms with Gasteiger partial charge in [0.15, 0.2) is 0 Å². The zero-order valence-electron chi connectivity index (χ0n) is 12.9. The first-order chi connectivity index (χ1) is 9.63. The summed E-state index contributed by atoms with van der Waals surface area (Å²) in [6.45, 7) is 6.58. The average Bonchev–Trinajstić information content (AvgIpc) is 3.11. The molecule has 1 aromatic carbocycles. The van der Waals surface area contributed by atoms with Gasteiger partial charge in [0.1, 0.15) is 0 Å². The van der Waals surface area contributed by atoms with Crippen molar-refractivity contribution < 1.29 is 5.11 Å². The van der Waals surface area contributed by atoms with E-state index in [9.17, 15) is 5.11 Å². The van der Waals surface area contributed by atoms with Gasteiger partial charge in [-0.1, -0.05) is 36.6 Å². The summed E-state index contributed by atoms with van der Waals surface area (Å²) in [6.07, 6.45) is 7.09. The molecule has 1 aliphatic carbocycles.